The fourth-order valence-corrected chi connectivity index (χ4v) is 14.4. The van der Waals surface area contributed by atoms with Gasteiger partial charge in [0, 0.05) is 128 Å². The molecule has 2 aliphatic carbocycles. The Morgan fingerprint density at radius 1 is 0.486 bits per heavy atom. The number of carbonyl (C=O) groups is 4. The lowest BCUT2D eigenvalue weighted by Gasteiger charge is -2.34. The number of aryl methyl sites for hydroxylation is 4. The van der Waals surface area contributed by atoms with Crippen LogP contribution in [-0.4, -0.2) is 106 Å². The summed E-state index contributed by atoms with van der Waals surface area (Å²) in [4.78, 5) is 66.1. The number of likely N-dealkylation sites (tertiary alicyclic amines) is 4. The fourth-order valence-electron chi connectivity index (χ4n) is 11.5. The van der Waals surface area contributed by atoms with Crippen molar-refractivity contribution in [3.8, 4) is 0 Å². The van der Waals surface area contributed by atoms with Gasteiger partial charge in [0.1, 0.15) is 0 Å². The molecule has 0 unspecified atom stereocenters. The zero-order valence-corrected chi connectivity index (χ0v) is 47.9. The summed E-state index contributed by atoms with van der Waals surface area (Å²) in [6, 6.07) is 11.7. The molecule has 72 heavy (non-hydrogen) atoms. The Hall–Kier alpha value is -3.80. The van der Waals surface area contributed by atoms with Crippen molar-refractivity contribution in [3.63, 3.8) is 0 Å². The highest BCUT2D eigenvalue weighted by atomic mass is 79.9. The molecule has 4 fully saturated rings. The molecule has 18 heteroatoms. The highest BCUT2D eigenvalue weighted by Crippen LogP contribution is 2.45. The zero-order valence-electron chi connectivity index (χ0n) is 40.1. The molecule has 0 radical (unpaired) electrons. The topological polar surface area (TPSA) is 159 Å². The first-order chi connectivity index (χ1) is 34.6. The first-order valence-corrected chi connectivity index (χ1v) is 28.9. The van der Waals surface area contributed by atoms with Crippen LogP contribution in [0.4, 0.5) is 9.59 Å². The van der Waals surface area contributed by atoms with E-state index in [9.17, 15) is 19.2 Å². The van der Waals surface area contributed by atoms with Crippen molar-refractivity contribution < 1.29 is 19.2 Å². The van der Waals surface area contributed by atoms with Gasteiger partial charge in [0.25, 0.3) is 0 Å². The Morgan fingerprint density at radius 3 is 1.18 bits per heavy atom. The van der Waals surface area contributed by atoms with Gasteiger partial charge in [-0.1, -0.05) is 66.2 Å². The molecule has 0 atom stereocenters. The zero-order chi connectivity index (χ0) is 50.8. The quantitative estimate of drug-likeness (QED) is 0.207. The third kappa shape index (κ3) is 12.1. The SMILES string of the molecule is NC(=O)N1CCC(CC(=O)N2CCC(=C3c4ncc(Br)cc4CCc4cc(Cl)cc(Br)c43)CC2)CC1.NC(=O)N1CCC(CC(=O)N2CCC(=C3c4ncc(Br)cc4CCc4cc(Cl)cc(Br)c43)CC2)CC1. The number of hydrogen-bond donors (Lipinski definition) is 2. The van der Waals surface area contributed by atoms with Gasteiger partial charge in [0.2, 0.25) is 11.8 Å². The second kappa shape index (κ2) is 23.4. The summed E-state index contributed by atoms with van der Waals surface area (Å²) >= 11 is 27.6. The van der Waals surface area contributed by atoms with Crippen LogP contribution in [0.15, 0.2) is 77.8 Å². The van der Waals surface area contributed by atoms with Crippen molar-refractivity contribution in [3.05, 3.63) is 133 Å². The molecule has 380 valence electrons. The van der Waals surface area contributed by atoms with Gasteiger partial charge in [-0.3, -0.25) is 19.6 Å². The number of halogens is 6. The van der Waals surface area contributed by atoms with Crippen LogP contribution in [0, 0.1) is 11.8 Å². The summed E-state index contributed by atoms with van der Waals surface area (Å²) in [6.45, 7) is 5.42. The van der Waals surface area contributed by atoms with Crippen LogP contribution in [0.1, 0.15) is 109 Å². The Balaban J connectivity index is 0.000000178. The number of nitrogens with two attached hydrogens (primary N) is 2. The number of nitrogens with zero attached hydrogens (tertiary/aromatic N) is 6. The third-order valence-electron chi connectivity index (χ3n) is 15.4. The van der Waals surface area contributed by atoms with E-state index >= 15 is 0 Å². The monoisotopic (exact) mass is 1270 g/mol. The van der Waals surface area contributed by atoms with E-state index in [1.807, 2.05) is 34.3 Å². The number of fused-ring (bicyclic) bond motifs is 4. The van der Waals surface area contributed by atoms with E-state index in [0.29, 0.717) is 77.0 Å². The smallest absolute Gasteiger partial charge is 0.314 e. The fraction of sp³-hybridized carbons (Fsp3) is 0.444. The maximum absolute atomic E-state index is 13.1. The number of pyridine rings is 2. The van der Waals surface area contributed by atoms with E-state index in [4.69, 9.17) is 44.6 Å². The molecule has 10 rings (SSSR count). The van der Waals surface area contributed by atoms with Gasteiger partial charge in [-0.05, 0) is 179 Å². The number of aromatic nitrogens is 2. The largest absolute Gasteiger partial charge is 0.351 e. The Kier molecular flexibility index (Phi) is 17.2. The first-order valence-electron chi connectivity index (χ1n) is 24.9. The molecule has 0 spiro atoms. The average molecular weight is 1270 g/mol. The average Bonchev–Trinajstić information content (AvgIpc) is 3.62. The number of rotatable bonds is 4. The number of primary amides is 2. The maximum Gasteiger partial charge on any atom is 0.314 e. The second-order valence-electron chi connectivity index (χ2n) is 19.8. The van der Waals surface area contributed by atoms with Gasteiger partial charge >= 0.3 is 12.1 Å². The van der Waals surface area contributed by atoms with E-state index in [0.717, 1.165) is 116 Å². The van der Waals surface area contributed by atoms with Crippen molar-refractivity contribution in [1.29, 1.82) is 0 Å². The van der Waals surface area contributed by atoms with Gasteiger partial charge in [0.05, 0.1) is 11.4 Å². The van der Waals surface area contributed by atoms with E-state index < -0.39 is 0 Å². The van der Waals surface area contributed by atoms with Crippen LogP contribution < -0.4 is 11.5 Å². The summed E-state index contributed by atoms with van der Waals surface area (Å²) in [5.74, 6) is 1.06. The molecular formula is C54H58Br4Cl2N8O4. The number of piperidine rings is 4. The van der Waals surface area contributed by atoms with Gasteiger partial charge in [-0.2, -0.15) is 0 Å². The van der Waals surface area contributed by atoms with Gasteiger partial charge in [0.15, 0.2) is 0 Å². The lowest BCUT2D eigenvalue weighted by atomic mass is 9.88. The minimum Gasteiger partial charge on any atom is -0.351 e. The molecule has 2 aromatic carbocycles. The van der Waals surface area contributed by atoms with Crippen LogP contribution in [0.3, 0.4) is 0 Å². The highest BCUT2D eigenvalue weighted by molar-refractivity contribution is 9.11. The molecule has 0 bridgehead atoms. The lowest BCUT2D eigenvalue weighted by Crippen LogP contribution is -2.43. The Morgan fingerprint density at radius 2 is 0.833 bits per heavy atom. The molecule has 4 aromatic rings. The van der Waals surface area contributed by atoms with Crippen molar-refractivity contribution >= 4 is 122 Å². The molecule has 4 saturated heterocycles. The summed E-state index contributed by atoms with van der Waals surface area (Å²) in [7, 11) is 0. The third-order valence-corrected chi connectivity index (χ3v) is 17.9. The minimum atomic E-state index is -0.367. The number of urea groups is 2. The first kappa shape index (κ1) is 53.0. The molecule has 2 aromatic heterocycles. The van der Waals surface area contributed by atoms with Gasteiger partial charge in [-0.15, -0.1) is 0 Å². The summed E-state index contributed by atoms with van der Waals surface area (Å²) < 4.78 is 3.95. The van der Waals surface area contributed by atoms with Gasteiger partial charge < -0.3 is 31.1 Å². The van der Waals surface area contributed by atoms with E-state index in [-0.39, 0.29) is 23.9 Å². The van der Waals surface area contributed by atoms with E-state index in [1.54, 1.807) is 9.80 Å². The van der Waals surface area contributed by atoms with Crippen molar-refractivity contribution in [2.45, 2.75) is 89.9 Å². The van der Waals surface area contributed by atoms with Crippen molar-refractivity contribution in [1.82, 2.24) is 29.6 Å². The number of amides is 6. The van der Waals surface area contributed by atoms with Crippen LogP contribution in [0.5, 0.6) is 0 Å². The highest BCUT2D eigenvalue weighted by Gasteiger charge is 2.33. The summed E-state index contributed by atoms with van der Waals surface area (Å²) in [5.41, 5.74) is 25.2. The van der Waals surface area contributed by atoms with Crippen LogP contribution in [0.25, 0.3) is 11.1 Å². The standard InChI is InChI=1S/2C27H29Br2ClN4O2/c2*28-20-12-19-2-1-18-13-21(30)14-22(29)24(18)25(26(19)32-15-20)17-5-9-33(10-6-17)23(35)11-16-3-7-34(8-4-16)27(31)36/h2*12-16H,1-11H2,(H2,31,36). The number of hydrogen-bond acceptors (Lipinski definition) is 6. The van der Waals surface area contributed by atoms with Crippen LogP contribution in [-0.2, 0) is 35.3 Å². The van der Waals surface area contributed by atoms with E-state index in [1.165, 1.54) is 55.7 Å². The molecule has 4 N–H and O–H groups in total. The van der Waals surface area contributed by atoms with Gasteiger partial charge in [-0.25, -0.2) is 9.59 Å². The summed E-state index contributed by atoms with van der Waals surface area (Å²) in [5, 5.41) is 1.46. The van der Waals surface area contributed by atoms with Crippen molar-refractivity contribution in [2.24, 2.45) is 23.3 Å². The predicted octanol–water partition coefficient (Wildman–Crippen LogP) is 11.9. The van der Waals surface area contributed by atoms with Crippen LogP contribution in [0.2, 0.25) is 10.0 Å². The van der Waals surface area contributed by atoms with E-state index in [2.05, 4.69) is 88.0 Å². The Labute approximate surface area is 465 Å². The molecule has 6 amide bonds. The maximum atomic E-state index is 13.1. The molecule has 6 aliphatic rings. The molecule has 0 saturated carbocycles. The van der Waals surface area contributed by atoms with Crippen molar-refractivity contribution in [2.75, 3.05) is 52.4 Å². The normalized spacial score (nSPS) is 18.5. The summed E-state index contributed by atoms with van der Waals surface area (Å²) in [6.07, 6.45) is 15.1. The minimum absolute atomic E-state index is 0.216. The molecular weight excluding hydrogens is 1220 g/mol. The molecule has 12 nitrogen and oxygen atoms in total. The molecule has 6 heterocycles. The Bertz CT molecular complexity index is 2650. The predicted molar refractivity (Wildman–Crippen MR) is 298 cm³/mol. The lowest BCUT2D eigenvalue weighted by molar-refractivity contribution is -0.133. The second-order valence-corrected chi connectivity index (χ2v) is 24.2. The number of carbonyl (C=O) groups excluding carboxylic acids is 4. The number of benzene rings is 2. The van der Waals surface area contributed by atoms with Crippen LogP contribution >= 0.6 is 86.9 Å². The molecule has 4 aliphatic heterocycles.